The molecule has 1 aliphatic carbocycles. The second-order valence-electron chi connectivity index (χ2n) is 7.01. The molecule has 27 heavy (non-hydrogen) atoms. The molecule has 0 bridgehead atoms. The van der Waals surface area contributed by atoms with E-state index in [0.29, 0.717) is 5.92 Å². The van der Waals surface area contributed by atoms with Gasteiger partial charge in [0.25, 0.3) is 5.91 Å². The molecule has 2 heterocycles. The van der Waals surface area contributed by atoms with Gasteiger partial charge in [-0.1, -0.05) is 48.6 Å². The third kappa shape index (κ3) is 3.74. The van der Waals surface area contributed by atoms with Gasteiger partial charge in [0.1, 0.15) is 0 Å². The quantitative estimate of drug-likeness (QED) is 0.668. The van der Waals surface area contributed by atoms with Crippen molar-refractivity contribution in [1.29, 1.82) is 0 Å². The van der Waals surface area contributed by atoms with Crippen molar-refractivity contribution >= 4 is 17.2 Å². The topological polar surface area (TPSA) is 46.9 Å². The lowest BCUT2D eigenvalue weighted by Gasteiger charge is -2.14. The van der Waals surface area contributed by atoms with E-state index in [4.69, 9.17) is 5.10 Å². The van der Waals surface area contributed by atoms with Gasteiger partial charge >= 0.3 is 0 Å². The molecule has 2 unspecified atom stereocenters. The highest BCUT2D eigenvalue weighted by molar-refractivity contribution is 7.12. The van der Waals surface area contributed by atoms with Crippen molar-refractivity contribution in [3.63, 3.8) is 0 Å². The molecule has 4 nitrogen and oxygen atoms in total. The maximum absolute atomic E-state index is 12.3. The van der Waals surface area contributed by atoms with Gasteiger partial charge in [0.15, 0.2) is 0 Å². The molecule has 4 rings (SSSR count). The summed E-state index contributed by atoms with van der Waals surface area (Å²) in [7, 11) is 0. The third-order valence-electron chi connectivity index (χ3n) is 5.13. The average Bonchev–Trinajstić information content (AvgIpc) is 3.38. The number of thiophene rings is 1. The molecule has 2 aromatic heterocycles. The molecule has 0 saturated carbocycles. The van der Waals surface area contributed by atoms with Gasteiger partial charge in [0, 0.05) is 23.2 Å². The van der Waals surface area contributed by atoms with E-state index in [1.807, 2.05) is 23.6 Å². The Balaban J connectivity index is 1.46. The predicted molar refractivity (Wildman–Crippen MR) is 109 cm³/mol. The third-order valence-corrected chi connectivity index (χ3v) is 6.00. The molecule has 1 N–H and O–H groups in total. The number of aromatic nitrogens is 2. The van der Waals surface area contributed by atoms with Gasteiger partial charge < -0.3 is 5.32 Å². The van der Waals surface area contributed by atoms with Crippen LogP contribution in [0.2, 0.25) is 0 Å². The first-order valence-electron chi connectivity index (χ1n) is 9.22. The molecule has 0 fully saturated rings. The maximum atomic E-state index is 12.3. The van der Waals surface area contributed by atoms with Gasteiger partial charge in [-0.3, -0.25) is 9.48 Å². The normalized spacial score (nSPS) is 18.7. The van der Waals surface area contributed by atoms with E-state index < -0.39 is 0 Å². The molecule has 138 valence electrons. The number of rotatable bonds is 5. The number of amides is 1. The molecular weight excluding hydrogens is 354 g/mol. The Bertz CT molecular complexity index is 957. The van der Waals surface area contributed by atoms with Crippen molar-refractivity contribution in [2.24, 2.45) is 0 Å². The largest absolute Gasteiger partial charge is 0.345 e. The number of carbonyl (C=O) groups is 1. The Kier molecular flexibility index (Phi) is 4.94. The van der Waals surface area contributed by atoms with E-state index in [-0.39, 0.29) is 11.9 Å². The molecule has 0 radical (unpaired) electrons. The standard InChI is InChI=1S/C22H23N3OS/c1-15-21(16(2)25(24-15)14-17-7-4-3-5-8-17)18-10-11-19(13-18)23-22(26)20-9-6-12-27-20/h3-12,18-19H,13-14H2,1-2H3,(H,23,26). The monoisotopic (exact) mass is 377 g/mol. The van der Waals surface area contributed by atoms with Crippen LogP contribution in [0.4, 0.5) is 0 Å². The van der Waals surface area contributed by atoms with Crippen molar-refractivity contribution in [2.45, 2.75) is 38.8 Å². The van der Waals surface area contributed by atoms with E-state index in [9.17, 15) is 4.79 Å². The Morgan fingerprint density at radius 1 is 1.19 bits per heavy atom. The Hall–Kier alpha value is -2.66. The summed E-state index contributed by atoms with van der Waals surface area (Å²) >= 11 is 1.47. The lowest BCUT2D eigenvalue weighted by atomic mass is 9.96. The first-order valence-corrected chi connectivity index (χ1v) is 10.1. The number of nitrogens with one attached hydrogen (secondary N) is 1. The van der Waals surface area contributed by atoms with Crippen molar-refractivity contribution < 1.29 is 4.79 Å². The minimum atomic E-state index is 0.00789. The summed E-state index contributed by atoms with van der Waals surface area (Å²) in [5.74, 6) is 0.302. The van der Waals surface area contributed by atoms with Crippen LogP contribution < -0.4 is 5.32 Å². The lowest BCUT2D eigenvalue weighted by Crippen LogP contribution is -2.32. The van der Waals surface area contributed by atoms with Gasteiger partial charge in [-0.05, 0) is 37.3 Å². The summed E-state index contributed by atoms with van der Waals surface area (Å²) in [4.78, 5) is 13.1. The van der Waals surface area contributed by atoms with Crippen molar-refractivity contribution in [2.75, 3.05) is 0 Å². The molecule has 1 aliphatic rings. The first kappa shape index (κ1) is 17.7. The summed E-state index contributed by atoms with van der Waals surface area (Å²) in [6.07, 6.45) is 5.21. The number of nitrogens with zero attached hydrogens (tertiary/aromatic N) is 2. The molecule has 0 aliphatic heterocycles. The van der Waals surface area contributed by atoms with Gasteiger partial charge in [0.2, 0.25) is 0 Å². The maximum Gasteiger partial charge on any atom is 0.261 e. The number of hydrogen-bond acceptors (Lipinski definition) is 3. The van der Waals surface area contributed by atoms with E-state index in [1.165, 1.54) is 28.2 Å². The van der Waals surface area contributed by atoms with Crippen LogP contribution in [0.5, 0.6) is 0 Å². The first-order chi connectivity index (χ1) is 13.1. The van der Waals surface area contributed by atoms with Crippen LogP contribution in [0.25, 0.3) is 0 Å². The second-order valence-corrected chi connectivity index (χ2v) is 7.96. The number of aryl methyl sites for hydroxylation is 1. The zero-order valence-corrected chi connectivity index (χ0v) is 16.4. The zero-order valence-electron chi connectivity index (χ0n) is 15.6. The molecular formula is C22H23N3OS. The highest BCUT2D eigenvalue weighted by atomic mass is 32.1. The van der Waals surface area contributed by atoms with E-state index >= 15 is 0 Å². The van der Waals surface area contributed by atoms with Crippen LogP contribution >= 0.6 is 11.3 Å². The second kappa shape index (κ2) is 7.53. The number of carbonyl (C=O) groups excluding carboxylic acids is 1. The van der Waals surface area contributed by atoms with Crippen LogP contribution in [0, 0.1) is 13.8 Å². The Labute approximate surface area is 163 Å². The molecule has 0 spiro atoms. The van der Waals surface area contributed by atoms with Crippen LogP contribution in [0.3, 0.4) is 0 Å². The molecule has 2 atom stereocenters. The van der Waals surface area contributed by atoms with E-state index in [2.05, 4.69) is 60.3 Å². The van der Waals surface area contributed by atoms with Gasteiger partial charge in [-0.25, -0.2) is 0 Å². The van der Waals surface area contributed by atoms with Crippen LogP contribution in [-0.2, 0) is 6.54 Å². The van der Waals surface area contributed by atoms with Crippen molar-refractivity contribution in [1.82, 2.24) is 15.1 Å². The lowest BCUT2D eigenvalue weighted by molar-refractivity contribution is 0.0948. The fourth-order valence-corrected chi connectivity index (χ4v) is 4.45. The van der Waals surface area contributed by atoms with Gasteiger partial charge in [-0.2, -0.15) is 5.10 Å². The number of hydrogen-bond donors (Lipinski definition) is 1. The highest BCUT2D eigenvalue weighted by Crippen LogP contribution is 2.33. The summed E-state index contributed by atoms with van der Waals surface area (Å²) < 4.78 is 2.09. The fraction of sp³-hybridized carbons (Fsp3) is 0.273. The Morgan fingerprint density at radius 2 is 2.00 bits per heavy atom. The van der Waals surface area contributed by atoms with Crippen LogP contribution in [0.1, 0.15) is 44.5 Å². The Morgan fingerprint density at radius 3 is 2.74 bits per heavy atom. The summed E-state index contributed by atoms with van der Waals surface area (Å²) in [5, 5.41) is 9.82. The fourth-order valence-electron chi connectivity index (χ4n) is 3.83. The number of benzene rings is 1. The minimum absolute atomic E-state index is 0.00789. The summed E-state index contributed by atoms with van der Waals surface area (Å²) in [6.45, 7) is 5.00. The molecule has 5 heteroatoms. The van der Waals surface area contributed by atoms with Crippen LogP contribution in [-0.4, -0.2) is 21.7 Å². The summed E-state index contributed by atoms with van der Waals surface area (Å²) in [5.41, 5.74) is 4.81. The van der Waals surface area contributed by atoms with Crippen molar-refractivity contribution in [3.05, 3.63) is 87.4 Å². The van der Waals surface area contributed by atoms with E-state index in [0.717, 1.165) is 23.5 Å². The van der Waals surface area contributed by atoms with E-state index in [1.54, 1.807) is 0 Å². The molecule has 1 amide bonds. The van der Waals surface area contributed by atoms with Crippen LogP contribution in [0.15, 0.2) is 60.0 Å². The average molecular weight is 378 g/mol. The number of allylic oxidation sites excluding steroid dienone is 1. The smallest absolute Gasteiger partial charge is 0.261 e. The van der Waals surface area contributed by atoms with Gasteiger partial charge in [-0.15, -0.1) is 11.3 Å². The molecule has 1 aromatic carbocycles. The summed E-state index contributed by atoms with van der Waals surface area (Å²) in [6, 6.07) is 14.2. The highest BCUT2D eigenvalue weighted by Gasteiger charge is 2.27. The molecule has 3 aromatic rings. The predicted octanol–water partition coefficient (Wildman–Crippen LogP) is 4.45. The zero-order chi connectivity index (χ0) is 18.8. The van der Waals surface area contributed by atoms with Crippen molar-refractivity contribution in [3.8, 4) is 0 Å². The van der Waals surface area contributed by atoms with Gasteiger partial charge in [0.05, 0.1) is 17.1 Å². The molecule has 0 saturated heterocycles. The SMILES string of the molecule is Cc1nn(Cc2ccccc2)c(C)c1C1C=CC(NC(=O)c2cccs2)C1. The minimum Gasteiger partial charge on any atom is -0.345 e.